The highest BCUT2D eigenvalue weighted by Gasteiger charge is 2.38. The van der Waals surface area contributed by atoms with Crippen molar-refractivity contribution in [2.24, 2.45) is 29.2 Å². The van der Waals surface area contributed by atoms with Gasteiger partial charge in [-0.15, -0.1) is 0 Å². The van der Waals surface area contributed by atoms with Crippen LogP contribution in [0.15, 0.2) is 12.5 Å². The number of nitrogens with zero attached hydrogens (tertiary/aromatic N) is 2. The number of likely N-dealkylation sites (tertiary alicyclic amines) is 1. The van der Waals surface area contributed by atoms with Gasteiger partial charge in [-0.05, 0) is 45.1 Å². The number of aliphatic hydroxyl groups is 1. The van der Waals surface area contributed by atoms with E-state index in [-0.39, 0.29) is 50.7 Å². The van der Waals surface area contributed by atoms with E-state index >= 15 is 0 Å². The molecule has 4 amide bonds. The van der Waals surface area contributed by atoms with Crippen LogP contribution in [0.2, 0.25) is 0 Å². The molecular weight excluding hydrogens is 677 g/mol. The molecule has 19 heteroatoms. The number of nitrogens with one attached hydrogen (secondary N) is 3. The fourth-order valence-electron chi connectivity index (χ4n) is 5.68. The van der Waals surface area contributed by atoms with Crippen molar-refractivity contribution < 1.29 is 52.4 Å². The maximum Gasteiger partial charge on any atom is 0.472 e. The van der Waals surface area contributed by atoms with Crippen molar-refractivity contribution in [3.63, 3.8) is 0 Å². The lowest BCUT2D eigenvalue weighted by molar-refractivity contribution is -0.138. The third-order valence-corrected chi connectivity index (χ3v) is 9.46. The molecule has 0 saturated carbocycles. The number of aromatic nitrogens is 2. The van der Waals surface area contributed by atoms with Gasteiger partial charge in [0.05, 0.1) is 43.5 Å². The third kappa shape index (κ3) is 13.6. The Hall–Kier alpha value is -3.54. The number of aliphatic hydroxyl groups excluding tert-OH is 1. The molecular formula is C31H52N7O11P. The van der Waals surface area contributed by atoms with Gasteiger partial charge in [-0.3, -0.25) is 37.8 Å². The van der Waals surface area contributed by atoms with Crippen LogP contribution in [0.25, 0.3) is 0 Å². The molecule has 18 nitrogen and oxygen atoms in total. The van der Waals surface area contributed by atoms with Crippen LogP contribution in [0.5, 0.6) is 0 Å². The van der Waals surface area contributed by atoms with Crippen molar-refractivity contribution in [1.82, 2.24) is 25.5 Å². The first-order valence-corrected chi connectivity index (χ1v) is 18.2. The lowest BCUT2D eigenvalue weighted by Gasteiger charge is -2.27. The molecule has 1 unspecified atom stereocenters. The molecule has 1 aromatic rings. The van der Waals surface area contributed by atoms with Crippen LogP contribution in [0.3, 0.4) is 0 Å². The summed E-state index contributed by atoms with van der Waals surface area (Å²) in [6, 6.07) is -3.21. The molecule has 0 aliphatic carbocycles. The van der Waals surface area contributed by atoms with Gasteiger partial charge in [0.15, 0.2) is 11.6 Å². The van der Waals surface area contributed by atoms with E-state index in [1.807, 2.05) is 13.8 Å². The molecule has 1 fully saturated rings. The maximum atomic E-state index is 13.7. The lowest BCUT2D eigenvalue weighted by Crippen LogP contribution is -2.52. The first-order valence-electron chi connectivity index (χ1n) is 16.7. The number of phosphoric acid groups is 1. The second kappa shape index (κ2) is 20.3. The smallest absolute Gasteiger partial charge is 0.394 e. The Kier molecular flexibility index (Phi) is 17.3. The third-order valence-electron chi connectivity index (χ3n) is 8.35. The van der Waals surface area contributed by atoms with Gasteiger partial charge in [0.2, 0.25) is 23.6 Å². The fraction of sp³-hybridized carbons (Fsp3) is 0.710. The minimum atomic E-state index is -4.64. The highest BCUT2D eigenvalue weighted by molar-refractivity contribution is 7.47. The second-order valence-electron chi connectivity index (χ2n) is 12.9. The van der Waals surface area contributed by atoms with E-state index in [9.17, 15) is 43.3 Å². The Labute approximate surface area is 291 Å². The summed E-state index contributed by atoms with van der Waals surface area (Å²) < 4.78 is 22.1. The van der Waals surface area contributed by atoms with E-state index in [0.717, 1.165) is 0 Å². The van der Waals surface area contributed by atoms with E-state index in [2.05, 4.69) is 20.6 Å². The van der Waals surface area contributed by atoms with Gasteiger partial charge >= 0.3 is 7.82 Å². The van der Waals surface area contributed by atoms with Crippen LogP contribution in [-0.4, -0.2) is 111 Å². The van der Waals surface area contributed by atoms with Crippen LogP contribution in [0.1, 0.15) is 71.9 Å². The topological polar surface area (TPSA) is 286 Å². The second-order valence-corrected chi connectivity index (χ2v) is 14.3. The quantitative estimate of drug-likeness (QED) is 0.0552. The molecule has 0 spiro atoms. The minimum absolute atomic E-state index is 0.0161. The SMILES string of the molecule is CC(=O)N1CCC[C@H]1C(=O)N[C@@H](CC(C)C)C(=O)C[C@@H](Cc1cnc[nH]1)C(=O)N[C@@H](CO)C(=O)C[C@H](C(N)=O)[C@@H](C)OP(=O)(O)OCCCN. The number of hydrogen-bond acceptors (Lipinski definition) is 12. The highest BCUT2D eigenvalue weighted by Crippen LogP contribution is 2.45. The molecule has 50 heavy (non-hydrogen) atoms. The van der Waals surface area contributed by atoms with Crippen LogP contribution in [-0.2, 0) is 48.8 Å². The highest BCUT2D eigenvalue weighted by atomic mass is 31.2. The van der Waals surface area contributed by atoms with Crippen LogP contribution in [0, 0.1) is 17.8 Å². The molecule has 9 N–H and O–H groups in total. The zero-order valence-electron chi connectivity index (χ0n) is 29.0. The first-order chi connectivity index (χ1) is 23.5. The summed E-state index contributed by atoms with van der Waals surface area (Å²) in [6.07, 6.45) is 2.06. The predicted octanol–water partition coefficient (Wildman–Crippen LogP) is -0.522. The zero-order valence-corrected chi connectivity index (χ0v) is 29.9. The Bertz CT molecular complexity index is 1360. The number of primary amides is 1. The summed E-state index contributed by atoms with van der Waals surface area (Å²) in [7, 11) is -4.64. The molecule has 1 aromatic heterocycles. The number of nitrogens with two attached hydrogens (primary N) is 2. The molecule has 282 valence electrons. The number of carbonyl (C=O) groups excluding carboxylic acids is 6. The molecule has 2 rings (SSSR count). The average Bonchev–Trinajstić information content (AvgIpc) is 3.74. The molecule has 0 radical (unpaired) electrons. The van der Waals surface area contributed by atoms with Crippen LogP contribution in [0.4, 0.5) is 0 Å². The number of rotatable bonds is 23. The van der Waals surface area contributed by atoms with Gasteiger partial charge in [0.25, 0.3) is 0 Å². The number of hydrogen-bond donors (Lipinski definition) is 7. The molecule has 2 heterocycles. The normalized spacial score (nSPS) is 18.8. The number of carbonyl (C=O) groups is 6. The molecule has 0 aromatic carbocycles. The number of amides is 4. The van der Waals surface area contributed by atoms with E-state index < -0.39 is 86.2 Å². The van der Waals surface area contributed by atoms with Crippen molar-refractivity contribution in [1.29, 1.82) is 0 Å². The number of imidazole rings is 1. The monoisotopic (exact) mass is 729 g/mol. The van der Waals surface area contributed by atoms with E-state index in [1.54, 1.807) is 0 Å². The fourth-order valence-corrected chi connectivity index (χ4v) is 6.67. The Morgan fingerprint density at radius 1 is 1.12 bits per heavy atom. The zero-order chi connectivity index (χ0) is 37.6. The van der Waals surface area contributed by atoms with Gasteiger partial charge in [0.1, 0.15) is 12.1 Å². The number of ketones is 2. The Morgan fingerprint density at radius 2 is 1.80 bits per heavy atom. The number of aromatic amines is 1. The van der Waals surface area contributed by atoms with Gasteiger partial charge < -0.3 is 42.0 Å². The van der Waals surface area contributed by atoms with Crippen molar-refractivity contribution in [3.8, 4) is 0 Å². The number of Topliss-reactive ketones (excluding diaryl/α,β-unsaturated/α-hetero) is 2. The standard InChI is InChI=1S/C31H52N7O11P/c1-18(2)11-24(36-31(45)26-7-5-9-38(26)20(4)40)27(41)13-21(12-22-15-34-17-35-22)30(44)37-25(16-39)28(42)14-23(29(33)43)19(3)49-50(46,47)48-10-6-8-32/h15,17-19,21,23-26,39H,5-14,16,32H2,1-4H3,(H2,33,43)(H,34,35)(H,36,45)(H,37,44)(H,46,47)/t19-,21-,23+,24+,25+,26+/m1/s1. The predicted molar refractivity (Wildman–Crippen MR) is 179 cm³/mol. The van der Waals surface area contributed by atoms with Crippen molar-refractivity contribution in [2.45, 2.75) is 96.9 Å². The van der Waals surface area contributed by atoms with Crippen LogP contribution < -0.4 is 22.1 Å². The first kappa shape index (κ1) is 42.6. The van der Waals surface area contributed by atoms with Gasteiger partial charge in [-0.2, -0.15) is 0 Å². The summed E-state index contributed by atoms with van der Waals surface area (Å²) >= 11 is 0. The molecule has 0 bridgehead atoms. The molecule has 1 saturated heterocycles. The van der Waals surface area contributed by atoms with E-state index in [1.165, 1.54) is 31.3 Å². The number of H-pyrrole nitrogens is 1. The van der Waals surface area contributed by atoms with Crippen molar-refractivity contribution in [2.75, 3.05) is 26.3 Å². The van der Waals surface area contributed by atoms with Crippen molar-refractivity contribution in [3.05, 3.63) is 18.2 Å². The molecule has 1 aliphatic rings. The summed E-state index contributed by atoms with van der Waals surface area (Å²) in [5, 5.41) is 15.3. The van der Waals surface area contributed by atoms with Crippen molar-refractivity contribution >= 4 is 43.0 Å². The largest absolute Gasteiger partial charge is 0.472 e. The van der Waals surface area contributed by atoms with E-state index in [0.29, 0.717) is 25.1 Å². The van der Waals surface area contributed by atoms with Gasteiger partial charge in [-0.25, -0.2) is 9.55 Å². The Morgan fingerprint density at radius 3 is 2.36 bits per heavy atom. The Balaban J connectivity index is 2.21. The van der Waals surface area contributed by atoms with Gasteiger partial charge in [0, 0.05) is 44.6 Å². The summed E-state index contributed by atoms with van der Waals surface area (Å²) in [4.78, 5) is 96.3. The minimum Gasteiger partial charge on any atom is -0.394 e. The van der Waals surface area contributed by atoms with Gasteiger partial charge in [-0.1, -0.05) is 13.8 Å². The maximum absolute atomic E-state index is 13.7. The summed E-state index contributed by atoms with van der Waals surface area (Å²) in [5.74, 6) is -6.35. The van der Waals surface area contributed by atoms with E-state index in [4.69, 9.17) is 20.5 Å². The molecule has 7 atom stereocenters. The van der Waals surface area contributed by atoms with Crippen LogP contribution >= 0.6 is 7.82 Å². The summed E-state index contributed by atoms with van der Waals surface area (Å²) in [5.41, 5.74) is 11.3. The number of phosphoric ester groups is 1. The average molecular weight is 730 g/mol. The summed E-state index contributed by atoms with van der Waals surface area (Å²) in [6.45, 7) is 5.92. The lowest BCUT2D eigenvalue weighted by atomic mass is 9.89. The molecule has 1 aliphatic heterocycles.